The summed E-state index contributed by atoms with van der Waals surface area (Å²) in [5.41, 5.74) is 2.29. The van der Waals surface area contributed by atoms with Crippen molar-refractivity contribution < 1.29 is 14.3 Å². The number of methoxy groups -OCH3 is 1. The van der Waals surface area contributed by atoms with Gasteiger partial charge >= 0.3 is 0 Å². The van der Waals surface area contributed by atoms with Crippen LogP contribution in [0.2, 0.25) is 0 Å². The number of hydrogen-bond acceptors (Lipinski definition) is 4. The third kappa shape index (κ3) is 4.15. The average molecular weight is 339 g/mol. The van der Waals surface area contributed by atoms with E-state index in [9.17, 15) is 9.59 Å². The van der Waals surface area contributed by atoms with Crippen LogP contribution >= 0.6 is 0 Å². The van der Waals surface area contributed by atoms with Crippen molar-refractivity contribution in [3.8, 4) is 5.75 Å². The van der Waals surface area contributed by atoms with Gasteiger partial charge in [0.1, 0.15) is 5.75 Å². The smallest absolute Gasteiger partial charge is 0.227 e. The number of aromatic nitrogens is 1. The van der Waals surface area contributed by atoms with Gasteiger partial charge in [0.2, 0.25) is 11.8 Å². The highest BCUT2D eigenvalue weighted by Gasteiger charge is 2.24. The summed E-state index contributed by atoms with van der Waals surface area (Å²) >= 11 is 0. The predicted octanol–water partition coefficient (Wildman–Crippen LogP) is 2.79. The van der Waals surface area contributed by atoms with Gasteiger partial charge in [-0.25, -0.2) is 0 Å². The quantitative estimate of drug-likeness (QED) is 0.878. The van der Waals surface area contributed by atoms with Gasteiger partial charge in [0, 0.05) is 43.0 Å². The maximum absolute atomic E-state index is 12.1. The Morgan fingerprint density at radius 2 is 2.20 bits per heavy atom. The fourth-order valence-corrected chi connectivity index (χ4v) is 2.89. The first-order chi connectivity index (χ1) is 12.2. The van der Waals surface area contributed by atoms with Crippen molar-refractivity contribution in [2.75, 3.05) is 23.9 Å². The molecule has 2 aromatic rings. The van der Waals surface area contributed by atoms with E-state index in [0.717, 1.165) is 17.8 Å². The molecule has 0 unspecified atom stereocenters. The number of ether oxygens (including phenoxy) is 1. The molecule has 3 rings (SSSR count). The van der Waals surface area contributed by atoms with E-state index in [-0.39, 0.29) is 11.8 Å². The number of carbonyl (C=O) groups excluding carboxylic acids is 2. The lowest BCUT2D eigenvalue weighted by molar-refractivity contribution is -0.117. The molecule has 1 N–H and O–H groups in total. The number of benzene rings is 1. The van der Waals surface area contributed by atoms with Gasteiger partial charge in [0.15, 0.2) is 0 Å². The zero-order valence-corrected chi connectivity index (χ0v) is 14.2. The predicted molar refractivity (Wildman–Crippen MR) is 95.8 cm³/mol. The minimum atomic E-state index is -0.0855. The molecule has 1 aromatic heterocycles. The molecule has 2 heterocycles. The lowest BCUT2D eigenvalue weighted by Crippen LogP contribution is -2.24. The number of anilines is 2. The van der Waals surface area contributed by atoms with Crippen LogP contribution in [0.15, 0.2) is 42.6 Å². The van der Waals surface area contributed by atoms with Crippen molar-refractivity contribution in [2.45, 2.75) is 25.7 Å². The Morgan fingerprint density at radius 3 is 2.88 bits per heavy atom. The highest BCUT2D eigenvalue weighted by Crippen LogP contribution is 2.33. The van der Waals surface area contributed by atoms with E-state index in [0.29, 0.717) is 37.2 Å². The van der Waals surface area contributed by atoms with Gasteiger partial charge in [-0.1, -0.05) is 6.07 Å². The average Bonchev–Trinajstić information content (AvgIpc) is 3.06. The van der Waals surface area contributed by atoms with Crippen LogP contribution in [0.3, 0.4) is 0 Å². The van der Waals surface area contributed by atoms with Gasteiger partial charge in [0.05, 0.1) is 12.8 Å². The van der Waals surface area contributed by atoms with Crippen molar-refractivity contribution in [2.24, 2.45) is 0 Å². The van der Waals surface area contributed by atoms with E-state index in [2.05, 4.69) is 10.3 Å². The maximum atomic E-state index is 12.1. The molecule has 0 radical (unpaired) electrons. The Hall–Kier alpha value is -2.89. The number of carbonyl (C=O) groups is 2. The van der Waals surface area contributed by atoms with E-state index < -0.39 is 0 Å². The molecule has 0 saturated carbocycles. The summed E-state index contributed by atoms with van der Waals surface area (Å²) < 4.78 is 5.40. The fourth-order valence-electron chi connectivity index (χ4n) is 2.89. The van der Waals surface area contributed by atoms with Gasteiger partial charge in [-0.15, -0.1) is 0 Å². The second-order valence-corrected chi connectivity index (χ2v) is 5.90. The van der Waals surface area contributed by atoms with Gasteiger partial charge in [-0.05, 0) is 37.1 Å². The normalized spacial score (nSPS) is 13.8. The molecule has 2 amide bonds. The minimum absolute atomic E-state index is 0.0855. The Morgan fingerprint density at radius 1 is 1.32 bits per heavy atom. The van der Waals surface area contributed by atoms with Gasteiger partial charge in [-0.2, -0.15) is 0 Å². The van der Waals surface area contributed by atoms with E-state index >= 15 is 0 Å². The van der Waals surface area contributed by atoms with Crippen LogP contribution in [0, 0.1) is 0 Å². The van der Waals surface area contributed by atoms with Crippen molar-refractivity contribution in [1.82, 2.24) is 4.98 Å². The Labute approximate surface area is 146 Å². The lowest BCUT2D eigenvalue weighted by atomic mass is 10.2. The molecule has 6 heteroatoms. The van der Waals surface area contributed by atoms with Crippen LogP contribution in [-0.2, 0) is 16.0 Å². The number of pyridine rings is 1. The molecule has 0 aliphatic carbocycles. The van der Waals surface area contributed by atoms with Crippen LogP contribution in [0.25, 0.3) is 0 Å². The topological polar surface area (TPSA) is 71.5 Å². The molecular weight excluding hydrogens is 318 g/mol. The molecule has 1 aromatic carbocycles. The first-order valence-corrected chi connectivity index (χ1v) is 8.35. The molecule has 1 aliphatic rings. The second kappa shape index (κ2) is 7.79. The number of aryl methyl sites for hydroxylation is 1. The number of hydrogen-bond donors (Lipinski definition) is 1. The number of amides is 2. The fraction of sp³-hybridized carbons (Fsp3) is 0.316. The molecule has 1 aliphatic heterocycles. The highest BCUT2D eigenvalue weighted by molar-refractivity contribution is 5.98. The van der Waals surface area contributed by atoms with Gasteiger partial charge < -0.3 is 15.0 Å². The number of rotatable bonds is 6. The van der Waals surface area contributed by atoms with Gasteiger partial charge in [0.25, 0.3) is 0 Å². The van der Waals surface area contributed by atoms with Crippen molar-refractivity contribution in [3.63, 3.8) is 0 Å². The standard InChI is InChI=1S/C19H21N3O3/c1-25-17-13-15(7-9-16(17)22-12-4-6-19(22)24)21-18(23)10-8-14-5-2-3-11-20-14/h2-3,5,7,9,11,13H,4,6,8,10,12H2,1H3,(H,21,23). The summed E-state index contributed by atoms with van der Waals surface area (Å²) in [4.78, 5) is 30.0. The Kier molecular flexibility index (Phi) is 5.28. The van der Waals surface area contributed by atoms with E-state index in [1.807, 2.05) is 24.3 Å². The maximum Gasteiger partial charge on any atom is 0.227 e. The molecular formula is C19H21N3O3. The molecule has 0 bridgehead atoms. The zero-order valence-electron chi connectivity index (χ0n) is 14.2. The molecule has 0 atom stereocenters. The van der Waals surface area contributed by atoms with Gasteiger partial charge in [-0.3, -0.25) is 14.6 Å². The monoisotopic (exact) mass is 339 g/mol. The lowest BCUT2D eigenvalue weighted by Gasteiger charge is -2.19. The number of nitrogens with one attached hydrogen (secondary N) is 1. The van der Waals surface area contributed by atoms with Crippen LogP contribution in [-0.4, -0.2) is 30.5 Å². The van der Waals surface area contributed by atoms with Crippen molar-refractivity contribution in [1.29, 1.82) is 0 Å². The summed E-state index contributed by atoms with van der Waals surface area (Å²) in [6.45, 7) is 0.699. The van der Waals surface area contributed by atoms with E-state index in [1.165, 1.54) is 0 Å². The van der Waals surface area contributed by atoms with Crippen molar-refractivity contribution >= 4 is 23.2 Å². The summed E-state index contributed by atoms with van der Waals surface area (Å²) in [6, 6.07) is 11.0. The first-order valence-electron chi connectivity index (χ1n) is 8.35. The van der Waals surface area contributed by atoms with Crippen molar-refractivity contribution in [3.05, 3.63) is 48.3 Å². The van der Waals surface area contributed by atoms with Crippen LogP contribution in [0.5, 0.6) is 5.75 Å². The molecule has 1 fully saturated rings. The molecule has 130 valence electrons. The molecule has 6 nitrogen and oxygen atoms in total. The minimum Gasteiger partial charge on any atom is -0.494 e. The SMILES string of the molecule is COc1cc(NC(=O)CCc2ccccn2)ccc1N1CCCC1=O. The molecule has 25 heavy (non-hydrogen) atoms. The van der Waals surface area contributed by atoms with E-state index in [1.54, 1.807) is 30.3 Å². The molecule has 0 spiro atoms. The number of nitrogens with zero attached hydrogens (tertiary/aromatic N) is 2. The summed E-state index contributed by atoms with van der Waals surface area (Å²) in [7, 11) is 1.56. The highest BCUT2D eigenvalue weighted by atomic mass is 16.5. The third-order valence-corrected chi connectivity index (χ3v) is 4.16. The zero-order chi connectivity index (χ0) is 17.6. The Bertz CT molecular complexity index is 762. The van der Waals surface area contributed by atoms with E-state index in [4.69, 9.17) is 4.74 Å². The summed E-state index contributed by atoms with van der Waals surface area (Å²) in [6.07, 6.45) is 4.08. The van der Waals surface area contributed by atoms with Crippen LogP contribution in [0.1, 0.15) is 25.0 Å². The largest absolute Gasteiger partial charge is 0.494 e. The molecule has 1 saturated heterocycles. The summed E-state index contributed by atoms with van der Waals surface area (Å²) in [5.74, 6) is 0.598. The first kappa shape index (κ1) is 17.0. The third-order valence-electron chi connectivity index (χ3n) is 4.16. The summed E-state index contributed by atoms with van der Waals surface area (Å²) in [5, 5.41) is 2.87. The van der Waals surface area contributed by atoms with Crippen LogP contribution in [0.4, 0.5) is 11.4 Å². The Balaban J connectivity index is 1.64. The second-order valence-electron chi connectivity index (χ2n) is 5.90. The van der Waals surface area contributed by atoms with Crippen LogP contribution < -0.4 is 15.0 Å².